The zero-order valence-corrected chi connectivity index (χ0v) is 14.8. The van der Waals surface area contributed by atoms with Crippen molar-refractivity contribution in [1.82, 2.24) is 19.8 Å². The minimum Gasteiger partial charge on any atom is -0.444 e. The number of amides is 1. The van der Waals surface area contributed by atoms with Gasteiger partial charge in [0.15, 0.2) is 0 Å². The maximum absolute atomic E-state index is 12.5. The average Bonchev–Trinajstić information content (AvgIpc) is 3.13. The summed E-state index contributed by atoms with van der Waals surface area (Å²) in [7, 11) is 0. The third-order valence-electron chi connectivity index (χ3n) is 4.88. The molecule has 134 valence electrons. The first-order valence-corrected chi connectivity index (χ1v) is 8.72. The van der Waals surface area contributed by atoms with Gasteiger partial charge in [0.2, 0.25) is 0 Å². The molecule has 0 radical (unpaired) electrons. The van der Waals surface area contributed by atoms with Gasteiger partial charge in [0.05, 0.1) is 17.6 Å². The SMILES string of the molecule is CC(C)(C)OC(=O)N1CCC2(C1)c1nc[nH]c1CCN2CCCO. The molecule has 7 heteroatoms. The van der Waals surface area contributed by atoms with Crippen molar-refractivity contribution in [2.75, 3.05) is 32.8 Å². The highest BCUT2D eigenvalue weighted by atomic mass is 16.6. The van der Waals surface area contributed by atoms with Gasteiger partial charge in [-0.05, 0) is 33.6 Å². The van der Waals surface area contributed by atoms with Crippen LogP contribution >= 0.6 is 0 Å². The van der Waals surface area contributed by atoms with Crippen molar-refractivity contribution >= 4 is 6.09 Å². The fraction of sp³-hybridized carbons (Fsp3) is 0.765. The molecule has 0 aromatic carbocycles. The Bertz CT molecular complexity index is 595. The van der Waals surface area contributed by atoms with Crippen LogP contribution in [0.15, 0.2) is 6.33 Å². The molecule has 1 amide bonds. The van der Waals surface area contributed by atoms with Gasteiger partial charge in [-0.15, -0.1) is 0 Å². The number of ether oxygens (including phenoxy) is 1. The molecular formula is C17H28N4O3. The number of hydrogen-bond donors (Lipinski definition) is 2. The number of rotatable bonds is 3. The van der Waals surface area contributed by atoms with Gasteiger partial charge >= 0.3 is 6.09 Å². The third kappa shape index (κ3) is 3.15. The summed E-state index contributed by atoms with van der Waals surface area (Å²) in [6.07, 6.45) is 3.99. The molecule has 3 rings (SSSR count). The van der Waals surface area contributed by atoms with Gasteiger partial charge < -0.3 is 19.7 Å². The molecular weight excluding hydrogens is 308 g/mol. The summed E-state index contributed by atoms with van der Waals surface area (Å²) in [5, 5.41) is 9.22. The molecule has 1 unspecified atom stereocenters. The summed E-state index contributed by atoms with van der Waals surface area (Å²) in [6.45, 7) is 8.81. The van der Waals surface area contributed by atoms with Crippen LogP contribution in [-0.4, -0.2) is 69.4 Å². The molecule has 0 aliphatic carbocycles. The van der Waals surface area contributed by atoms with Crippen LogP contribution in [0.25, 0.3) is 0 Å². The fourth-order valence-corrected chi connectivity index (χ4v) is 3.84. The number of carbonyl (C=O) groups excluding carboxylic acids is 1. The summed E-state index contributed by atoms with van der Waals surface area (Å²) in [4.78, 5) is 24.5. The number of nitrogens with zero attached hydrogens (tertiary/aromatic N) is 3. The molecule has 1 aromatic rings. The number of nitrogens with one attached hydrogen (secondary N) is 1. The summed E-state index contributed by atoms with van der Waals surface area (Å²) in [5.41, 5.74) is 1.46. The number of likely N-dealkylation sites (tertiary alicyclic amines) is 1. The van der Waals surface area contributed by atoms with Gasteiger partial charge in [0, 0.05) is 44.9 Å². The van der Waals surface area contributed by atoms with Crippen molar-refractivity contribution in [1.29, 1.82) is 0 Å². The highest BCUT2D eigenvalue weighted by Crippen LogP contribution is 2.41. The van der Waals surface area contributed by atoms with E-state index in [1.54, 1.807) is 11.2 Å². The third-order valence-corrected chi connectivity index (χ3v) is 4.88. The summed E-state index contributed by atoms with van der Waals surface area (Å²) in [6, 6.07) is 0. The molecule has 3 heterocycles. The number of aromatic amines is 1. The zero-order chi connectivity index (χ0) is 17.4. The first kappa shape index (κ1) is 17.2. The van der Waals surface area contributed by atoms with Crippen molar-refractivity contribution < 1.29 is 14.6 Å². The van der Waals surface area contributed by atoms with Gasteiger partial charge in [0.1, 0.15) is 5.60 Å². The van der Waals surface area contributed by atoms with Crippen molar-refractivity contribution in [2.24, 2.45) is 0 Å². The van der Waals surface area contributed by atoms with Crippen LogP contribution in [0.1, 0.15) is 45.0 Å². The molecule has 1 aromatic heterocycles. The lowest BCUT2D eigenvalue weighted by Crippen LogP contribution is -2.53. The van der Waals surface area contributed by atoms with Crippen molar-refractivity contribution in [3.63, 3.8) is 0 Å². The predicted molar refractivity (Wildman–Crippen MR) is 89.7 cm³/mol. The number of fused-ring (bicyclic) bond motifs is 2. The normalized spacial score (nSPS) is 24.4. The number of aromatic nitrogens is 2. The highest BCUT2D eigenvalue weighted by Gasteiger charge is 2.50. The molecule has 0 bridgehead atoms. The Hall–Kier alpha value is -1.60. The number of H-pyrrole nitrogens is 1. The fourth-order valence-electron chi connectivity index (χ4n) is 3.84. The van der Waals surface area contributed by atoms with Crippen LogP contribution in [0.2, 0.25) is 0 Å². The Morgan fingerprint density at radius 2 is 2.25 bits per heavy atom. The van der Waals surface area contributed by atoms with Crippen LogP contribution in [-0.2, 0) is 16.7 Å². The van der Waals surface area contributed by atoms with Gasteiger partial charge in [0.25, 0.3) is 0 Å². The Morgan fingerprint density at radius 3 is 2.96 bits per heavy atom. The summed E-state index contributed by atoms with van der Waals surface area (Å²) >= 11 is 0. The lowest BCUT2D eigenvalue weighted by Gasteiger charge is -2.43. The maximum atomic E-state index is 12.5. The molecule has 0 saturated carbocycles. The smallest absolute Gasteiger partial charge is 0.410 e. The standard InChI is InChI=1S/C17H28N4O3/c1-16(2,3)24-15(23)20-9-6-17(11-20)14-13(18-12-19-14)5-8-21(17)7-4-10-22/h12,22H,4-11H2,1-3H3,(H,18,19). The molecule has 1 saturated heterocycles. The molecule has 2 N–H and O–H groups in total. The maximum Gasteiger partial charge on any atom is 0.410 e. The first-order chi connectivity index (χ1) is 11.4. The van der Waals surface area contributed by atoms with Crippen molar-refractivity contribution in [3.8, 4) is 0 Å². The summed E-state index contributed by atoms with van der Waals surface area (Å²) < 4.78 is 5.54. The van der Waals surface area contributed by atoms with E-state index in [0.29, 0.717) is 13.1 Å². The number of hydrogen-bond acceptors (Lipinski definition) is 5. The molecule has 24 heavy (non-hydrogen) atoms. The lowest BCUT2D eigenvalue weighted by atomic mass is 9.86. The lowest BCUT2D eigenvalue weighted by molar-refractivity contribution is 0.0208. The Morgan fingerprint density at radius 1 is 1.46 bits per heavy atom. The second-order valence-corrected chi connectivity index (χ2v) is 7.73. The molecule has 1 atom stereocenters. The van der Waals surface area contributed by atoms with E-state index >= 15 is 0 Å². The van der Waals surface area contributed by atoms with E-state index in [9.17, 15) is 9.90 Å². The van der Waals surface area contributed by atoms with Gasteiger partial charge in [-0.1, -0.05) is 0 Å². The molecule has 7 nitrogen and oxygen atoms in total. The van der Waals surface area contributed by atoms with Crippen LogP contribution in [0.3, 0.4) is 0 Å². The minimum atomic E-state index is -0.493. The van der Waals surface area contributed by atoms with Crippen LogP contribution < -0.4 is 0 Å². The molecule has 2 aliphatic heterocycles. The minimum absolute atomic E-state index is 0.176. The highest BCUT2D eigenvalue weighted by molar-refractivity contribution is 5.69. The van der Waals surface area contributed by atoms with E-state index in [-0.39, 0.29) is 18.2 Å². The Labute approximate surface area is 143 Å². The van der Waals surface area contributed by atoms with E-state index in [1.807, 2.05) is 20.8 Å². The number of aliphatic hydroxyl groups excluding tert-OH is 1. The number of carbonyl (C=O) groups is 1. The van der Waals surface area contributed by atoms with E-state index in [0.717, 1.165) is 38.0 Å². The quantitative estimate of drug-likeness (QED) is 0.874. The van der Waals surface area contributed by atoms with Gasteiger partial charge in [-0.2, -0.15) is 0 Å². The molecule has 1 spiro atoms. The predicted octanol–water partition coefficient (Wildman–Crippen LogP) is 1.49. The molecule has 2 aliphatic rings. The number of imidazole rings is 1. The topological polar surface area (TPSA) is 81.7 Å². The van der Waals surface area contributed by atoms with Crippen LogP contribution in [0.4, 0.5) is 4.79 Å². The van der Waals surface area contributed by atoms with Gasteiger partial charge in [-0.25, -0.2) is 9.78 Å². The largest absolute Gasteiger partial charge is 0.444 e. The second kappa shape index (κ2) is 6.37. The van der Waals surface area contributed by atoms with Crippen LogP contribution in [0.5, 0.6) is 0 Å². The Kier molecular flexibility index (Phi) is 4.57. The second-order valence-electron chi connectivity index (χ2n) is 7.73. The molecule has 1 fully saturated rings. The van der Waals surface area contributed by atoms with E-state index in [4.69, 9.17) is 4.74 Å². The average molecular weight is 336 g/mol. The van der Waals surface area contributed by atoms with Crippen LogP contribution in [0, 0.1) is 0 Å². The monoisotopic (exact) mass is 336 g/mol. The van der Waals surface area contributed by atoms with E-state index in [2.05, 4.69) is 14.9 Å². The van der Waals surface area contributed by atoms with Crippen molar-refractivity contribution in [2.45, 2.75) is 51.2 Å². The first-order valence-electron chi connectivity index (χ1n) is 8.72. The summed E-state index contributed by atoms with van der Waals surface area (Å²) in [5.74, 6) is 0. The van der Waals surface area contributed by atoms with E-state index in [1.165, 1.54) is 5.69 Å². The van der Waals surface area contributed by atoms with Gasteiger partial charge in [-0.3, -0.25) is 4.90 Å². The zero-order valence-electron chi connectivity index (χ0n) is 14.8. The van der Waals surface area contributed by atoms with E-state index < -0.39 is 5.60 Å². The number of aliphatic hydroxyl groups is 1. The van der Waals surface area contributed by atoms with Crippen molar-refractivity contribution in [3.05, 3.63) is 17.7 Å². The Balaban J connectivity index is 1.83.